The minimum atomic E-state index is -3.61. The zero-order valence-electron chi connectivity index (χ0n) is 13.3. The molecule has 1 aliphatic rings. The van der Waals surface area contributed by atoms with Crippen molar-refractivity contribution in [2.45, 2.75) is 25.8 Å². The third-order valence-electron chi connectivity index (χ3n) is 3.71. The summed E-state index contributed by atoms with van der Waals surface area (Å²) < 4.78 is 38.4. The summed E-state index contributed by atoms with van der Waals surface area (Å²) in [5, 5.41) is 3.22. The SMILES string of the molecule is CCCN(C(=O)c1ccc(F)c(NS(C)(=O)=O)c1)C1CCNC1. The largest absolute Gasteiger partial charge is 0.334 e. The van der Waals surface area contributed by atoms with Gasteiger partial charge in [-0.15, -0.1) is 0 Å². The molecule has 8 heteroatoms. The number of carbonyl (C=O) groups is 1. The summed E-state index contributed by atoms with van der Waals surface area (Å²) in [5.41, 5.74) is 0.0669. The number of hydrogen-bond acceptors (Lipinski definition) is 4. The van der Waals surface area contributed by atoms with Gasteiger partial charge in [0.1, 0.15) is 5.82 Å². The van der Waals surface area contributed by atoms with Crippen molar-refractivity contribution >= 4 is 21.6 Å². The van der Waals surface area contributed by atoms with Gasteiger partial charge in [-0.25, -0.2) is 12.8 Å². The van der Waals surface area contributed by atoms with E-state index in [9.17, 15) is 17.6 Å². The van der Waals surface area contributed by atoms with Gasteiger partial charge in [0.15, 0.2) is 0 Å². The van der Waals surface area contributed by atoms with Gasteiger partial charge in [-0.1, -0.05) is 6.92 Å². The van der Waals surface area contributed by atoms with Crippen LogP contribution in [0.4, 0.5) is 10.1 Å². The fourth-order valence-electron chi connectivity index (χ4n) is 2.70. The van der Waals surface area contributed by atoms with Gasteiger partial charge < -0.3 is 10.2 Å². The smallest absolute Gasteiger partial charge is 0.254 e. The lowest BCUT2D eigenvalue weighted by Gasteiger charge is -2.28. The second-order valence-corrected chi connectivity index (χ2v) is 7.46. The van der Waals surface area contributed by atoms with Crippen LogP contribution in [0.2, 0.25) is 0 Å². The molecule has 0 saturated carbocycles. The lowest BCUT2D eigenvalue weighted by atomic mass is 10.1. The molecular weight excluding hydrogens is 321 g/mol. The number of sulfonamides is 1. The van der Waals surface area contributed by atoms with E-state index in [4.69, 9.17) is 0 Å². The molecule has 1 unspecified atom stereocenters. The summed E-state index contributed by atoms with van der Waals surface area (Å²) in [6, 6.07) is 3.86. The number of anilines is 1. The van der Waals surface area contributed by atoms with Crippen molar-refractivity contribution in [3.8, 4) is 0 Å². The molecule has 0 spiro atoms. The van der Waals surface area contributed by atoms with Crippen LogP contribution in [0, 0.1) is 5.82 Å². The highest BCUT2D eigenvalue weighted by Crippen LogP contribution is 2.20. The average Bonchev–Trinajstić information content (AvgIpc) is 2.99. The average molecular weight is 343 g/mol. The molecule has 23 heavy (non-hydrogen) atoms. The van der Waals surface area contributed by atoms with Gasteiger partial charge in [0.2, 0.25) is 10.0 Å². The van der Waals surface area contributed by atoms with Crippen LogP contribution in [0.1, 0.15) is 30.1 Å². The van der Waals surface area contributed by atoms with E-state index in [1.807, 2.05) is 6.92 Å². The number of hydrogen-bond donors (Lipinski definition) is 2. The Morgan fingerprint density at radius 2 is 2.22 bits per heavy atom. The van der Waals surface area contributed by atoms with E-state index >= 15 is 0 Å². The van der Waals surface area contributed by atoms with Crippen LogP contribution in [0.15, 0.2) is 18.2 Å². The fraction of sp³-hybridized carbons (Fsp3) is 0.533. The van der Waals surface area contributed by atoms with Crippen LogP contribution in [0.25, 0.3) is 0 Å². The first-order valence-electron chi connectivity index (χ1n) is 7.61. The predicted octanol–water partition coefficient (Wildman–Crippen LogP) is 1.41. The maximum Gasteiger partial charge on any atom is 0.254 e. The van der Waals surface area contributed by atoms with E-state index in [0.717, 1.165) is 38.3 Å². The molecule has 1 aromatic rings. The van der Waals surface area contributed by atoms with E-state index in [2.05, 4.69) is 10.0 Å². The summed E-state index contributed by atoms with van der Waals surface area (Å²) in [6.07, 6.45) is 2.63. The molecule has 0 aromatic heterocycles. The second kappa shape index (κ2) is 7.27. The highest BCUT2D eigenvalue weighted by atomic mass is 32.2. The molecule has 1 aromatic carbocycles. The molecule has 2 N–H and O–H groups in total. The van der Waals surface area contributed by atoms with Crippen molar-refractivity contribution < 1.29 is 17.6 Å². The van der Waals surface area contributed by atoms with Gasteiger partial charge in [-0.05, 0) is 37.6 Å². The van der Waals surface area contributed by atoms with Crippen molar-refractivity contribution in [1.82, 2.24) is 10.2 Å². The number of halogens is 1. The zero-order chi connectivity index (χ0) is 17.0. The van der Waals surface area contributed by atoms with Gasteiger partial charge in [-0.3, -0.25) is 9.52 Å². The number of benzene rings is 1. The fourth-order valence-corrected chi connectivity index (χ4v) is 3.25. The normalized spacial score (nSPS) is 18.0. The first-order valence-corrected chi connectivity index (χ1v) is 9.50. The van der Waals surface area contributed by atoms with Gasteiger partial charge in [0, 0.05) is 24.7 Å². The zero-order valence-corrected chi connectivity index (χ0v) is 14.1. The standard InChI is InChI=1S/C15H22FN3O3S/c1-3-8-19(12-6-7-17-10-12)15(20)11-4-5-13(16)14(9-11)18-23(2,21)22/h4-5,9,12,17-18H,3,6-8,10H2,1-2H3. The Morgan fingerprint density at radius 3 is 2.78 bits per heavy atom. The third kappa shape index (κ3) is 4.65. The van der Waals surface area contributed by atoms with Gasteiger partial charge in [-0.2, -0.15) is 0 Å². The van der Waals surface area contributed by atoms with Crippen molar-refractivity contribution in [2.75, 3.05) is 30.6 Å². The number of nitrogens with zero attached hydrogens (tertiary/aromatic N) is 1. The molecular formula is C15H22FN3O3S. The van der Waals surface area contributed by atoms with Crippen LogP contribution in [-0.2, 0) is 10.0 Å². The summed E-state index contributed by atoms with van der Waals surface area (Å²) in [5.74, 6) is -0.923. The molecule has 128 valence electrons. The quantitative estimate of drug-likeness (QED) is 0.819. The number of nitrogens with one attached hydrogen (secondary N) is 2. The molecule has 2 rings (SSSR count). The Balaban J connectivity index is 2.28. The Morgan fingerprint density at radius 1 is 1.48 bits per heavy atom. The highest BCUT2D eigenvalue weighted by Gasteiger charge is 2.27. The van der Waals surface area contributed by atoms with E-state index in [1.54, 1.807) is 4.90 Å². The van der Waals surface area contributed by atoms with Gasteiger partial charge >= 0.3 is 0 Å². The molecule has 1 saturated heterocycles. The summed E-state index contributed by atoms with van der Waals surface area (Å²) >= 11 is 0. The van der Waals surface area contributed by atoms with Crippen molar-refractivity contribution in [1.29, 1.82) is 0 Å². The van der Waals surface area contributed by atoms with Crippen LogP contribution >= 0.6 is 0 Å². The minimum Gasteiger partial charge on any atom is -0.334 e. The molecule has 1 amide bonds. The summed E-state index contributed by atoms with van der Waals surface area (Å²) in [4.78, 5) is 14.5. The minimum absolute atomic E-state index is 0.110. The maximum absolute atomic E-state index is 13.8. The lowest BCUT2D eigenvalue weighted by molar-refractivity contribution is 0.0692. The first kappa shape index (κ1) is 17.7. The van der Waals surface area contributed by atoms with Crippen LogP contribution in [0.3, 0.4) is 0 Å². The number of rotatable bonds is 6. The van der Waals surface area contributed by atoms with Crippen molar-refractivity contribution in [2.24, 2.45) is 0 Å². The monoisotopic (exact) mass is 343 g/mol. The molecule has 1 heterocycles. The van der Waals surface area contributed by atoms with Crippen LogP contribution in [0.5, 0.6) is 0 Å². The first-order chi connectivity index (χ1) is 10.8. The van der Waals surface area contributed by atoms with Crippen LogP contribution < -0.4 is 10.0 Å². The topological polar surface area (TPSA) is 78.5 Å². The Hall–Kier alpha value is -1.67. The van der Waals surface area contributed by atoms with E-state index in [0.29, 0.717) is 6.54 Å². The molecule has 1 fully saturated rings. The summed E-state index contributed by atoms with van der Waals surface area (Å²) in [7, 11) is -3.61. The molecule has 1 aliphatic heterocycles. The molecule has 0 radical (unpaired) electrons. The lowest BCUT2D eigenvalue weighted by Crippen LogP contribution is -2.42. The third-order valence-corrected chi connectivity index (χ3v) is 4.30. The van der Waals surface area contributed by atoms with Crippen molar-refractivity contribution in [3.63, 3.8) is 0 Å². The van der Waals surface area contributed by atoms with E-state index in [-0.39, 0.29) is 23.2 Å². The van der Waals surface area contributed by atoms with E-state index in [1.165, 1.54) is 12.1 Å². The second-order valence-electron chi connectivity index (χ2n) is 5.71. The van der Waals surface area contributed by atoms with Crippen LogP contribution in [-0.4, -0.2) is 51.2 Å². The number of amides is 1. The van der Waals surface area contributed by atoms with Crippen molar-refractivity contribution in [3.05, 3.63) is 29.6 Å². The molecule has 6 nitrogen and oxygen atoms in total. The Labute approximate surface area is 136 Å². The van der Waals surface area contributed by atoms with E-state index < -0.39 is 15.8 Å². The van der Waals surface area contributed by atoms with Gasteiger partial charge in [0.05, 0.1) is 11.9 Å². The van der Waals surface area contributed by atoms with Gasteiger partial charge in [0.25, 0.3) is 5.91 Å². The predicted molar refractivity (Wildman–Crippen MR) is 87.5 cm³/mol. The Kier molecular flexibility index (Phi) is 5.59. The molecule has 0 aliphatic carbocycles. The Bertz CT molecular complexity index is 673. The number of carbonyl (C=O) groups excluding carboxylic acids is 1. The highest BCUT2D eigenvalue weighted by molar-refractivity contribution is 7.92. The molecule has 1 atom stereocenters. The molecule has 0 bridgehead atoms. The maximum atomic E-state index is 13.8. The summed E-state index contributed by atoms with van der Waals surface area (Å²) in [6.45, 7) is 4.20.